The van der Waals surface area contributed by atoms with E-state index in [0.717, 1.165) is 18.4 Å². The molecule has 0 aliphatic rings. The lowest BCUT2D eigenvalue weighted by molar-refractivity contribution is -0.137. The SMILES string of the molecule is CC(=O)Oc1ccc(/C=N\NC(=O)CN(c2ccc(Cl)c(C(F)(F)F)c2)S(C)(=O)=O)cc1. The van der Waals surface area contributed by atoms with Gasteiger partial charge < -0.3 is 4.74 Å². The first-order valence-electron chi connectivity index (χ1n) is 8.72. The summed E-state index contributed by atoms with van der Waals surface area (Å²) in [5, 5.41) is 3.07. The van der Waals surface area contributed by atoms with Crippen molar-refractivity contribution in [3.63, 3.8) is 0 Å². The second-order valence-electron chi connectivity index (χ2n) is 6.39. The molecular formula is C19H17ClF3N3O5S. The minimum Gasteiger partial charge on any atom is -0.427 e. The summed E-state index contributed by atoms with van der Waals surface area (Å²) in [5.74, 6) is -1.08. The van der Waals surface area contributed by atoms with Gasteiger partial charge in [-0.25, -0.2) is 13.8 Å². The predicted octanol–water partition coefficient (Wildman–Crippen LogP) is 3.20. The highest BCUT2D eigenvalue weighted by Crippen LogP contribution is 2.37. The van der Waals surface area contributed by atoms with Crippen molar-refractivity contribution in [1.82, 2.24) is 5.43 Å². The van der Waals surface area contributed by atoms with Gasteiger partial charge in [-0.3, -0.25) is 13.9 Å². The number of carbonyl (C=O) groups is 2. The number of esters is 1. The lowest BCUT2D eigenvalue weighted by Gasteiger charge is -2.22. The number of hydrogen-bond donors (Lipinski definition) is 1. The van der Waals surface area contributed by atoms with Crippen molar-refractivity contribution < 1.29 is 35.9 Å². The van der Waals surface area contributed by atoms with Gasteiger partial charge >= 0.3 is 12.1 Å². The number of nitrogens with one attached hydrogen (secondary N) is 1. The summed E-state index contributed by atoms with van der Waals surface area (Å²) in [7, 11) is -4.11. The first-order valence-corrected chi connectivity index (χ1v) is 10.9. The summed E-state index contributed by atoms with van der Waals surface area (Å²) in [6.45, 7) is 0.430. The average molecular weight is 492 g/mol. The molecule has 0 heterocycles. The molecule has 0 radical (unpaired) electrons. The normalized spacial score (nSPS) is 11.9. The number of hydrogen-bond acceptors (Lipinski definition) is 6. The Balaban J connectivity index is 2.13. The van der Waals surface area contributed by atoms with Crippen LogP contribution in [0.15, 0.2) is 47.6 Å². The molecule has 0 fully saturated rings. The predicted molar refractivity (Wildman–Crippen MR) is 112 cm³/mol. The van der Waals surface area contributed by atoms with E-state index in [1.807, 2.05) is 0 Å². The van der Waals surface area contributed by atoms with Crippen molar-refractivity contribution in [3.8, 4) is 5.75 Å². The Morgan fingerprint density at radius 2 is 1.81 bits per heavy atom. The standard InChI is InChI=1S/C19H17ClF3N3O5S/c1-12(27)31-15-6-3-13(4-7-15)10-24-25-18(28)11-26(32(2,29)30)14-5-8-17(20)16(9-14)19(21,22)23/h3-10H,11H2,1-2H3,(H,25,28)/b24-10-. The first-order chi connectivity index (χ1) is 14.8. The summed E-state index contributed by atoms with van der Waals surface area (Å²) >= 11 is 5.56. The van der Waals surface area contributed by atoms with Gasteiger partial charge in [0, 0.05) is 6.92 Å². The van der Waals surface area contributed by atoms with E-state index in [-0.39, 0.29) is 5.69 Å². The van der Waals surface area contributed by atoms with Crippen LogP contribution >= 0.6 is 11.6 Å². The molecule has 0 bridgehead atoms. The molecule has 0 unspecified atom stereocenters. The minimum absolute atomic E-state index is 0.309. The van der Waals surface area contributed by atoms with Gasteiger partial charge in [-0.1, -0.05) is 11.6 Å². The molecule has 1 N–H and O–H groups in total. The van der Waals surface area contributed by atoms with Crippen LogP contribution in [-0.2, 0) is 25.8 Å². The Hall–Kier alpha value is -3.12. The zero-order chi connectivity index (χ0) is 24.1. The highest BCUT2D eigenvalue weighted by Gasteiger charge is 2.34. The van der Waals surface area contributed by atoms with Gasteiger partial charge in [-0.2, -0.15) is 18.3 Å². The molecule has 0 saturated heterocycles. The van der Waals surface area contributed by atoms with Crippen LogP contribution in [0.1, 0.15) is 18.1 Å². The van der Waals surface area contributed by atoms with Gasteiger partial charge in [-0.15, -0.1) is 0 Å². The molecule has 0 aliphatic heterocycles. The van der Waals surface area contributed by atoms with E-state index < -0.39 is 45.2 Å². The number of nitrogens with zero attached hydrogens (tertiary/aromatic N) is 2. The van der Waals surface area contributed by atoms with Crippen molar-refractivity contribution >= 4 is 45.4 Å². The molecule has 172 valence electrons. The summed E-state index contributed by atoms with van der Waals surface area (Å²) in [6.07, 6.45) is -2.83. The Kier molecular flexibility index (Phi) is 7.86. The lowest BCUT2D eigenvalue weighted by Crippen LogP contribution is -2.39. The Morgan fingerprint density at radius 1 is 1.19 bits per heavy atom. The summed E-state index contributed by atoms with van der Waals surface area (Å²) in [5.41, 5.74) is 0.999. The van der Waals surface area contributed by atoms with Crippen molar-refractivity contribution in [2.45, 2.75) is 13.1 Å². The zero-order valence-corrected chi connectivity index (χ0v) is 18.3. The molecule has 1 amide bonds. The molecule has 0 saturated carbocycles. The maximum Gasteiger partial charge on any atom is 0.417 e. The quantitative estimate of drug-likeness (QED) is 0.277. The highest BCUT2D eigenvalue weighted by molar-refractivity contribution is 7.92. The van der Waals surface area contributed by atoms with E-state index in [1.54, 1.807) is 12.1 Å². The van der Waals surface area contributed by atoms with Crippen molar-refractivity contribution in [1.29, 1.82) is 0 Å². The number of rotatable bonds is 7. The first kappa shape index (κ1) is 25.1. The van der Waals surface area contributed by atoms with Crippen LogP contribution in [0.25, 0.3) is 0 Å². The third-order valence-corrected chi connectivity index (χ3v) is 5.25. The number of hydrazone groups is 1. The maximum absolute atomic E-state index is 13.1. The number of alkyl halides is 3. The van der Waals surface area contributed by atoms with Crippen LogP contribution in [0.3, 0.4) is 0 Å². The molecule has 2 aromatic rings. The van der Waals surface area contributed by atoms with Crippen LogP contribution in [0.4, 0.5) is 18.9 Å². The third kappa shape index (κ3) is 7.24. The third-order valence-electron chi connectivity index (χ3n) is 3.78. The van der Waals surface area contributed by atoms with Crippen molar-refractivity contribution in [2.24, 2.45) is 5.10 Å². The van der Waals surface area contributed by atoms with Gasteiger partial charge in [0.2, 0.25) is 10.0 Å². The zero-order valence-electron chi connectivity index (χ0n) is 16.7. The highest BCUT2D eigenvalue weighted by atomic mass is 35.5. The topological polar surface area (TPSA) is 105 Å². The fourth-order valence-corrected chi connectivity index (χ4v) is 3.49. The molecule has 13 heteroatoms. The second kappa shape index (κ2) is 10.0. The number of halogens is 4. The maximum atomic E-state index is 13.1. The van der Waals surface area contributed by atoms with E-state index >= 15 is 0 Å². The van der Waals surface area contributed by atoms with Gasteiger partial charge in [0.25, 0.3) is 5.91 Å². The molecule has 0 atom stereocenters. The Labute approximate surface area is 186 Å². The smallest absolute Gasteiger partial charge is 0.417 e. The second-order valence-corrected chi connectivity index (χ2v) is 8.70. The number of carbonyl (C=O) groups excluding carboxylic acids is 2. The number of amides is 1. The van der Waals surface area contributed by atoms with Crippen LogP contribution < -0.4 is 14.5 Å². The van der Waals surface area contributed by atoms with Crippen LogP contribution in [0.5, 0.6) is 5.75 Å². The summed E-state index contributed by atoms with van der Waals surface area (Å²) in [4.78, 5) is 23.0. The number of anilines is 1. The fraction of sp³-hybridized carbons (Fsp3) is 0.211. The number of benzene rings is 2. The van der Waals surface area contributed by atoms with E-state index in [1.165, 1.54) is 25.3 Å². The molecule has 0 aromatic heterocycles. The van der Waals surface area contributed by atoms with E-state index in [4.69, 9.17) is 16.3 Å². The van der Waals surface area contributed by atoms with Crippen LogP contribution in [0, 0.1) is 0 Å². The van der Waals surface area contributed by atoms with Crippen molar-refractivity contribution in [3.05, 3.63) is 58.6 Å². The molecule has 0 spiro atoms. The molecule has 2 aromatic carbocycles. The van der Waals surface area contributed by atoms with Crippen molar-refractivity contribution in [2.75, 3.05) is 17.1 Å². The largest absolute Gasteiger partial charge is 0.427 e. The van der Waals surface area contributed by atoms with Crippen LogP contribution in [-0.4, -0.2) is 39.3 Å². The molecule has 2 rings (SSSR count). The van der Waals surface area contributed by atoms with Gasteiger partial charge in [0.05, 0.1) is 28.7 Å². The average Bonchev–Trinajstić information content (AvgIpc) is 2.66. The molecule has 8 nitrogen and oxygen atoms in total. The molecular weight excluding hydrogens is 475 g/mol. The minimum atomic E-state index is -4.81. The lowest BCUT2D eigenvalue weighted by atomic mass is 10.2. The number of ether oxygens (including phenoxy) is 1. The van der Waals surface area contributed by atoms with Gasteiger partial charge in [-0.05, 0) is 48.0 Å². The monoisotopic (exact) mass is 491 g/mol. The summed E-state index contributed by atoms with van der Waals surface area (Å²) in [6, 6.07) is 8.58. The van der Waals surface area contributed by atoms with Gasteiger partial charge in [0.15, 0.2) is 0 Å². The van der Waals surface area contributed by atoms with E-state index in [9.17, 15) is 31.2 Å². The fourth-order valence-electron chi connectivity index (χ4n) is 2.42. The molecule has 32 heavy (non-hydrogen) atoms. The van der Waals surface area contributed by atoms with E-state index in [0.29, 0.717) is 21.7 Å². The number of sulfonamides is 1. The molecule has 0 aliphatic carbocycles. The Bertz CT molecular complexity index is 1140. The van der Waals surface area contributed by atoms with Crippen LogP contribution in [0.2, 0.25) is 5.02 Å². The van der Waals surface area contributed by atoms with E-state index in [2.05, 4.69) is 10.5 Å². The summed E-state index contributed by atoms with van der Waals surface area (Å²) < 4.78 is 68.8. The Morgan fingerprint density at radius 3 is 2.34 bits per heavy atom. The van der Waals surface area contributed by atoms with Gasteiger partial charge in [0.1, 0.15) is 12.3 Å².